The van der Waals surface area contributed by atoms with Crippen LogP contribution in [0.1, 0.15) is 32.1 Å². The average molecular weight is 357 g/mol. The molecule has 1 aromatic heterocycles. The van der Waals surface area contributed by atoms with Gasteiger partial charge >= 0.3 is 5.97 Å². The molecule has 0 fully saturated rings. The Morgan fingerprint density at radius 1 is 1.08 bits per heavy atom. The van der Waals surface area contributed by atoms with Crippen LogP contribution in [0.25, 0.3) is 0 Å². The van der Waals surface area contributed by atoms with Gasteiger partial charge in [0.1, 0.15) is 11.5 Å². The van der Waals surface area contributed by atoms with Crippen LogP contribution < -0.4 is 9.47 Å². The van der Waals surface area contributed by atoms with Crippen LogP contribution in [0.3, 0.4) is 0 Å². The summed E-state index contributed by atoms with van der Waals surface area (Å²) in [6.07, 6.45) is 1.77. The van der Waals surface area contributed by atoms with Crippen molar-refractivity contribution in [3.8, 4) is 11.5 Å². The van der Waals surface area contributed by atoms with Gasteiger partial charge in [0, 0.05) is 29.6 Å². The van der Waals surface area contributed by atoms with Crippen LogP contribution in [0.5, 0.6) is 11.5 Å². The molecule has 2 aromatic rings. The number of benzene rings is 1. The fourth-order valence-electron chi connectivity index (χ4n) is 2.71. The number of nitrogens with zero attached hydrogens (tertiary/aromatic N) is 1. The molecule has 6 nitrogen and oxygen atoms in total. The van der Waals surface area contributed by atoms with Crippen LogP contribution in [-0.4, -0.2) is 37.1 Å². The first-order valence-corrected chi connectivity index (χ1v) is 8.12. The number of methoxy groups -OCH3 is 2. The zero-order chi connectivity index (χ0) is 19.3. The number of ketones is 1. The number of rotatable bonds is 8. The van der Waals surface area contributed by atoms with E-state index in [4.69, 9.17) is 14.2 Å². The highest BCUT2D eigenvalue weighted by Gasteiger charge is 2.18. The summed E-state index contributed by atoms with van der Waals surface area (Å²) in [4.78, 5) is 24.7. The Morgan fingerprint density at radius 2 is 1.69 bits per heavy atom. The Labute approximate surface area is 153 Å². The van der Waals surface area contributed by atoms with Gasteiger partial charge in [-0.05, 0) is 32.0 Å². The molecule has 0 aliphatic carbocycles. The maximum absolute atomic E-state index is 12.5. The Bertz CT molecular complexity index is 813. The van der Waals surface area contributed by atoms with Crippen molar-refractivity contribution < 1.29 is 23.8 Å². The summed E-state index contributed by atoms with van der Waals surface area (Å²) < 4.78 is 17.4. The van der Waals surface area contributed by atoms with Crippen molar-refractivity contribution in [1.82, 2.24) is 4.57 Å². The second-order valence-corrected chi connectivity index (χ2v) is 5.78. The molecule has 26 heavy (non-hydrogen) atoms. The molecule has 0 amide bonds. The Hall–Kier alpha value is -3.02. The lowest BCUT2D eigenvalue weighted by Crippen LogP contribution is -2.15. The van der Waals surface area contributed by atoms with Crippen LogP contribution in [0.2, 0.25) is 0 Å². The molecule has 1 aromatic carbocycles. The first-order valence-electron chi connectivity index (χ1n) is 8.12. The second kappa shape index (κ2) is 8.38. The van der Waals surface area contributed by atoms with Crippen LogP contribution in [0.15, 0.2) is 36.9 Å². The second-order valence-electron chi connectivity index (χ2n) is 5.78. The van der Waals surface area contributed by atoms with Crippen molar-refractivity contribution in [2.75, 3.05) is 20.8 Å². The number of aryl methyl sites for hydroxylation is 1. The van der Waals surface area contributed by atoms with Gasteiger partial charge < -0.3 is 18.8 Å². The minimum absolute atomic E-state index is 0.253. The van der Waals surface area contributed by atoms with Crippen LogP contribution in [0.4, 0.5) is 0 Å². The lowest BCUT2D eigenvalue weighted by molar-refractivity contribution is 0.0474. The highest BCUT2D eigenvalue weighted by molar-refractivity contribution is 6.00. The van der Waals surface area contributed by atoms with E-state index in [-0.39, 0.29) is 18.0 Å². The van der Waals surface area contributed by atoms with Crippen molar-refractivity contribution in [2.45, 2.75) is 20.4 Å². The van der Waals surface area contributed by atoms with E-state index in [1.807, 2.05) is 18.4 Å². The van der Waals surface area contributed by atoms with Gasteiger partial charge in [0.15, 0.2) is 6.61 Å². The highest BCUT2D eigenvalue weighted by atomic mass is 16.5. The van der Waals surface area contributed by atoms with Gasteiger partial charge in [-0.1, -0.05) is 6.08 Å². The fraction of sp³-hybridized carbons (Fsp3) is 0.300. The fourth-order valence-corrected chi connectivity index (χ4v) is 2.71. The molecule has 0 spiro atoms. The SMILES string of the molecule is C=CCn1c(C)cc(C(=O)COC(=O)c2cc(OC)cc(OC)c2)c1C. The number of hydrogen-bond donors (Lipinski definition) is 0. The summed E-state index contributed by atoms with van der Waals surface area (Å²) in [7, 11) is 2.98. The normalized spacial score (nSPS) is 10.3. The van der Waals surface area contributed by atoms with Gasteiger partial charge in [0.05, 0.1) is 19.8 Å². The summed E-state index contributed by atoms with van der Waals surface area (Å²) in [6, 6.07) is 6.51. The molecular weight excluding hydrogens is 334 g/mol. The number of carbonyl (C=O) groups is 2. The molecule has 0 aliphatic rings. The molecule has 0 bridgehead atoms. The Kier molecular flexibility index (Phi) is 6.22. The lowest BCUT2D eigenvalue weighted by atomic mass is 10.1. The zero-order valence-electron chi connectivity index (χ0n) is 15.5. The van der Waals surface area contributed by atoms with Crippen LogP contribution >= 0.6 is 0 Å². The van der Waals surface area contributed by atoms with E-state index < -0.39 is 5.97 Å². The smallest absolute Gasteiger partial charge is 0.338 e. The molecule has 0 N–H and O–H groups in total. The molecule has 2 rings (SSSR count). The molecule has 0 saturated heterocycles. The van der Waals surface area contributed by atoms with E-state index in [1.54, 1.807) is 18.2 Å². The van der Waals surface area contributed by atoms with Crippen molar-refractivity contribution >= 4 is 11.8 Å². The largest absolute Gasteiger partial charge is 0.497 e. The molecule has 6 heteroatoms. The van der Waals surface area contributed by atoms with E-state index in [1.165, 1.54) is 26.4 Å². The number of Topliss-reactive ketones (excluding diaryl/α,β-unsaturated/α-hetero) is 1. The number of carbonyl (C=O) groups excluding carboxylic acids is 2. The summed E-state index contributed by atoms with van der Waals surface area (Å²) in [6.45, 7) is 7.78. The third-order valence-electron chi connectivity index (χ3n) is 4.11. The summed E-state index contributed by atoms with van der Waals surface area (Å²) in [5.74, 6) is 0.0678. The molecule has 0 unspecified atom stereocenters. The zero-order valence-corrected chi connectivity index (χ0v) is 15.5. The summed E-state index contributed by atoms with van der Waals surface area (Å²) in [5.41, 5.74) is 2.58. The molecule has 1 heterocycles. The third kappa shape index (κ3) is 4.14. The Morgan fingerprint density at radius 3 is 2.23 bits per heavy atom. The maximum atomic E-state index is 12.5. The van der Waals surface area contributed by atoms with Gasteiger partial charge in [0.25, 0.3) is 0 Å². The molecule has 0 aliphatic heterocycles. The van der Waals surface area contributed by atoms with E-state index in [9.17, 15) is 9.59 Å². The van der Waals surface area contributed by atoms with Gasteiger partial charge in [-0.3, -0.25) is 4.79 Å². The first kappa shape index (κ1) is 19.3. The van der Waals surface area contributed by atoms with Gasteiger partial charge in [0.2, 0.25) is 5.78 Å². The predicted molar refractivity (Wildman–Crippen MR) is 98.3 cm³/mol. The number of allylic oxidation sites excluding steroid dienone is 1. The van der Waals surface area contributed by atoms with Crippen LogP contribution in [0, 0.1) is 13.8 Å². The molecule has 0 radical (unpaired) electrons. The first-order chi connectivity index (χ1) is 12.4. The molecule has 0 atom stereocenters. The molecule has 0 saturated carbocycles. The summed E-state index contributed by atoms with van der Waals surface area (Å²) >= 11 is 0. The topological polar surface area (TPSA) is 66.8 Å². The summed E-state index contributed by atoms with van der Waals surface area (Å²) in [5, 5.41) is 0. The van der Waals surface area contributed by atoms with Gasteiger partial charge in [-0.25, -0.2) is 4.79 Å². The maximum Gasteiger partial charge on any atom is 0.338 e. The average Bonchev–Trinajstić information content (AvgIpc) is 2.93. The van der Waals surface area contributed by atoms with Crippen LogP contribution in [-0.2, 0) is 11.3 Å². The van der Waals surface area contributed by atoms with Gasteiger partial charge in [-0.15, -0.1) is 6.58 Å². The molecule has 138 valence electrons. The predicted octanol–water partition coefficient (Wildman–Crippen LogP) is 3.35. The standard InChI is InChI=1S/C20H23NO5/c1-6-7-21-13(2)8-18(14(21)3)19(22)12-26-20(23)15-9-16(24-4)11-17(10-15)25-5/h6,8-11H,1,7,12H2,2-5H3. The number of hydrogen-bond acceptors (Lipinski definition) is 5. The third-order valence-corrected chi connectivity index (χ3v) is 4.11. The van der Waals surface area contributed by atoms with Crippen molar-refractivity contribution in [3.63, 3.8) is 0 Å². The minimum Gasteiger partial charge on any atom is -0.497 e. The monoisotopic (exact) mass is 357 g/mol. The van der Waals surface area contributed by atoms with E-state index in [0.29, 0.717) is 23.6 Å². The van der Waals surface area contributed by atoms with E-state index in [0.717, 1.165) is 11.4 Å². The van der Waals surface area contributed by atoms with Crippen molar-refractivity contribution in [3.05, 3.63) is 59.4 Å². The number of aromatic nitrogens is 1. The van der Waals surface area contributed by atoms with Crippen molar-refractivity contribution in [2.24, 2.45) is 0 Å². The lowest BCUT2D eigenvalue weighted by Gasteiger charge is -2.09. The quantitative estimate of drug-likeness (QED) is 0.412. The highest BCUT2D eigenvalue weighted by Crippen LogP contribution is 2.23. The van der Waals surface area contributed by atoms with E-state index in [2.05, 4.69) is 6.58 Å². The Balaban J connectivity index is 2.11. The number of esters is 1. The number of ether oxygens (including phenoxy) is 3. The van der Waals surface area contributed by atoms with Gasteiger partial charge in [-0.2, -0.15) is 0 Å². The molecular formula is C20H23NO5. The van der Waals surface area contributed by atoms with E-state index >= 15 is 0 Å². The minimum atomic E-state index is -0.615. The van der Waals surface area contributed by atoms with Crippen molar-refractivity contribution in [1.29, 1.82) is 0 Å².